The van der Waals surface area contributed by atoms with Crippen LogP contribution in [0.3, 0.4) is 0 Å². The molecule has 4 heteroatoms. The maximum atomic E-state index is 14.2. The van der Waals surface area contributed by atoms with Crippen molar-refractivity contribution in [2.24, 2.45) is 0 Å². The third-order valence-corrected chi connectivity index (χ3v) is 7.85. The molecule has 1 aliphatic carbocycles. The fraction of sp³-hybridized carbons (Fsp3) is 0.276. The zero-order valence-electron chi connectivity index (χ0n) is 19.2. The van der Waals surface area contributed by atoms with Crippen molar-refractivity contribution in [3.05, 3.63) is 107 Å². The van der Waals surface area contributed by atoms with Gasteiger partial charge in [-0.3, -0.25) is 4.79 Å². The van der Waals surface area contributed by atoms with Gasteiger partial charge in [-0.05, 0) is 54.2 Å². The van der Waals surface area contributed by atoms with Crippen molar-refractivity contribution in [3.8, 4) is 5.75 Å². The van der Waals surface area contributed by atoms with Crippen LogP contribution in [0.4, 0.5) is 0 Å². The summed E-state index contributed by atoms with van der Waals surface area (Å²) in [5, 5.41) is 0.537. The number of rotatable bonds is 6. The molecule has 0 bridgehead atoms. The number of amides is 1. The Labute approximate surface area is 200 Å². The SMILES string of the molecule is COc1ccc(C2=CCC(C)S2)c(C(=O)N(Cc2ccccc2)C2Cc3ccccc3C2)c1. The van der Waals surface area contributed by atoms with E-state index in [1.165, 1.54) is 16.0 Å². The third kappa shape index (κ3) is 4.58. The van der Waals surface area contributed by atoms with Crippen molar-refractivity contribution < 1.29 is 9.53 Å². The summed E-state index contributed by atoms with van der Waals surface area (Å²) in [6.45, 7) is 2.83. The van der Waals surface area contributed by atoms with Crippen molar-refractivity contribution in [3.63, 3.8) is 0 Å². The average molecular weight is 456 g/mol. The minimum atomic E-state index is 0.0756. The highest BCUT2D eigenvalue weighted by Gasteiger charge is 2.32. The van der Waals surface area contributed by atoms with Gasteiger partial charge in [-0.2, -0.15) is 0 Å². The number of nitrogens with zero attached hydrogens (tertiary/aromatic N) is 1. The predicted octanol–water partition coefficient (Wildman–Crippen LogP) is 6.37. The van der Waals surface area contributed by atoms with E-state index in [0.717, 1.165) is 36.0 Å². The second kappa shape index (κ2) is 9.48. The van der Waals surface area contributed by atoms with Crippen LogP contribution in [0.25, 0.3) is 4.91 Å². The third-order valence-electron chi connectivity index (χ3n) is 6.61. The molecule has 1 heterocycles. The Bertz CT molecular complexity index is 1160. The van der Waals surface area contributed by atoms with Gasteiger partial charge in [-0.1, -0.05) is 67.6 Å². The lowest BCUT2D eigenvalue weighted by Crippen LogP contribution is -2.40. The fourth-order valence-corrected chi connectivity index (χ4v) is 5.98. The first-order chi connectivity index (χ1) is 16.1. The molecule has 0 saturated heterocycles. The minimum absolute atomic E-state index is 0.0756. The number of fused-ring (bicyclic) bond motifs is 1. The summed E-state index contributed by atoms with van der Waals surface area (Å²) in [4.78, 5) is 17.5. The van der Waals surface area contributed by atoms with Gasteiger partial charge in [0.15, 0.2) is 0 Å². The lowest BCUT2D eigenvalue weighted by molar-refractivity contribution is 0.0667. The summed E-state index contributed by atoms with van der Waals surface area (Å²) in [7, 11) is 1.66. The first kappa shape index (κ1) is 21.8. The van der Waals surface area contributed by atoms with Gasteiger partial charge in [-0.15, -0.1) is 11.8 Å². The number of carbonyl (C=O) groups excluding carboxylic acids is 1. The number of thioether (sulfide) groups is 1. The molecule has 0 saturated carbocycles. The van der Waals surface area contributed by atoms with Gasteiger partial charge >= 0.3 is 0 Å². The number of ether oxygens (including phenoxy) is 1. The highest BCUT2D eigenvalue weighted by atomic mass is 32.2. The van der Waals surface area contributed by atoms with Crippen LogP contribution < -0.4 is 4.74 Å². The lowest BCUT2D eigenvalue weighted by Gasteiger charge is -2.30. The number of methoxy groups -OCH3 is 1. The van der Waals surface area contributed by atoms with E-state index in [2.05, 4.69) is 54.3 Å². The van der Waals surface area contributed by atoms with E-state index in [4.69, 9.17) is 4.74 Å². The van der Waals surface area contributed by atoms with E-state index in [1.54, 1.807) is 7.11 Å². The molecule has 2 aliphatic rings. The Balaban J connectivity index is 1.53. The van der Waals surface area contributed by atoms with E-state index < -0.39 is 0 Å². The molecular weight excluding hydrogens is 426 g/mol. The molecule has 33 heavy (non-hydrogen) atoms. The summed E-state index contributed by atoms with van der Waals surface area (Å²) in [6.07, 6.45) is 5.08. The summed E-state index contributed by atoms with van der Waals surface area (Å²) < 4.78 is 5.52. The summed E-state index contributed by atoms with van der Waals surface area (Å²) in [5.74, 6) is 0.791. The number of allylic oxidation sites excluding steroid dienone is 1. The molecule has 168 valence electrons. The van der Waals surface area contributed by atoms with Crippen molar-refractivity contribution in [1.82, 2.24) is 4.90 Å². The van der Waals surface area contributed by atoms with Gasteiger partial charge in [0, 0.05) is 28.3 Å². The van der Waals surface area contributed by atoms with Crippen LogP contribution in [0.15, 0.2) is 78.9 Å². The van der Waals surface area contributed by atoms with Crippen LogP contribution >= 0.6 is 11.8 Å². The summed E-state index contributed by atoms with van der Waals surface area (Å²) >= 11 is 1.85. The Hall–Kier alpha value is -2.98. The van der Waals surface area contributed by atoms with Crippen molar-refractivity contribution in [1.29, 1.82) is 0 Å². The minimum Gasteiger partial charge on any atom is -0.497 e. The van der Waals surface area contributed by atoms with Crippen LogP contribution in [-0.4, -0.2) is 29.2 Å². The Morgan fingerprint density at radius 3 is 2.33 bits per heavy atom. The van der Waals surface area contributed by atoms with Gasteiger partial charge in [-0.25, -0.2) is 0 Å². The lowest BCUT2D eigenvalue weighted by atomic mass is 10.0. The van der Waals surface area contributed by atoms with Gasteiger partial charge in [0.2, 0.25) is 0 Å². The maximum Gasteiger partial charge on any atom is 0.255 e. The highest BCUT2D eigenvalue weighted by molar-refractivity contribution is 8.09. The highest BCUT2D eigenvalue weighted by Crippen LogP contribution is 2.41. The number of hydrogen-bond donors (Lipinski definition) is 0. The van der Waals surface area contributed by atoms with Gasteiger partial charge < -0.3 is 9.64 Å². The molecule has 1 atom stereocenters. The molecule has 3 aromatic carbocycles. The number of carbonyl (C=O) groups is 1. The van der Waals surface area contributed by atoms with Gasteiger partial charge in [0.05, 0.1) is 12.7 Å². The smallest absolute Gasteiger partial charge is 0.255 e. The molecule has 5 rings (SSSR count). The predicted molar refractivity (Wildman–Crippen MR) is 137 cm³/mol. The maximum absolute atomic E-state index is 14.2. The van der Waals surface area contributed by atoms with E-state index in [1.807, 2.05) is 48.2 Å². The van der Waals surface area contributed by atoms with E-state index >= 15 is 0 Å². The van der Waals surface area contributed by atoms with Crippen molar-refractivity contribution >= 4 is 22.6 Å². The van der Waals surface area contributed by atoms with Crippen molar-refractivity contribution in [2.45, 2.75) is 44.0 Å². The Morgan fingerprint density at radius 2 is 1.70 bits per heavy atom. The molecule has 3 aromatic rings. The number of hydrogen-bond acceptors (Lipinski definition) is 3. The Morgan fingerprint density at radius 1 is 1.00 bits per heavy atom. The average Bonchev–Trinajstić information content (AvgIpc) is 3.48. The molecule has 0 radical (unpaired) electrons. The largest absolute Gasteiger partial charge is 0.497 e. The van der Waals surface area contributed by atoms with Crippen LogP contribution in [0.2, 0.25) is 0 Å². The summed E-state index contributed by atoms with van der Waals surface area (Å²) in [5.41, 5.74) is 5.59. The van der Waals surface area contributed by atoms with Crippen molar-refractivity contribution in [2.75, 3.05) is 7.11 Å². The van der Waals surface area contributed by atoms with E-state index in [-0.39, 0.29) is 11.9 Å². The molecule has 0 N–H and O–H groups in total. The number of benzene rings is 3. The zero-order chi connectivity index (χ0) is 22.8. The van der Waals surface area contributed by atoms with Crippen LogP contribution in [-0.2, 0) is 19.4 Å². The molecule has 3 nitrogen and oxygen atoms in total. The molecule has 1 amide bonds. The molecule has 0 spiro atoms. The second-order valence-corrected chi connectivity index (χ2v) is 10.4. The molecule has 1 aliphatic heterocycles. The van der Waals surface area contributed by atoms with Crippen LogP contribution in [0.1, 0.15) is 46.0 Å². The topological polar surface area (TPSA) is 29.5 Å². The van der Waals surface area contributed by atoms with E-state index in [0.29, 0.717) is 17.5 Å². The first-order valence-electron chi connectivity index (χ1n) is 11.6. The van der Waals surface area contributed by atoms with Crippen LogP contribution in [0.5, 0.6) is 5.75 Å². The second-order valence-electron chi connectivity index (χ2n) is 8.89. The normalized spacial score (nSPS) is 17.5. The standard InChI is InChI=1S/C29H29NO2S/c1-20-12-15-28(33-20)26-14-13-25(32-2)18-27(26)29(31)30(19-21-8-4-3-5-9-21)24-16-22-10-6-7-11-23(22)17-24/h3-11,13-15,18,20,24H,12,16-17,19H2,1-2H3. The summed E-state index contributed by atoms with van der Waals surface area (Å²) in [6, 6.07) is 24.9. The van der Waals surface area contributed by atoms with E-state index in [9.17, 15) is 4.79 Å². The quantitative estimate of drug-likeness (QED) is 0.432. The molecule has 0 aromatic heterocycles. The van der Waals surface area contributed by atoms with Gasteiger partial charge in [0.1, 0.15) is 5.75 Å². The molecule has 1 unspecified atom stereocenters. The van der Waals surface area contributed by atoms with Crippen LogP contribution in [0, 0.1) is 0 Å². The molecule has 0 fully saturated rings. The Kier molecular flexibility index (Phi) is 6.28. The fourth-order valence-electron chi connectivity index (χ4n) is 4.86. The first-order valence-corrected chi connectivity index (χ1v) is 12.5. The monoisotopic (exact) mass is 455 g/mol. The molecular formula is C29H29NO2S. The zero-order valence-corrected chi connectivity index (χ0v) is 20.0. The van der Waals surface area contributed by atoms with Gasteiger partial charge in [0.25, 0.3) is 5.91 Å².